The molecule has 10 heteroatoms. The largest absolute Gasteiger partial charge is 0.437 e. The second-order valence-electron chi connectivity index (χ2n) is 9.44. The molecule has 0 unspecified atom stereocenters. The van der Waals surface area contributed by atoms with E-state index in [0.29, 0.717) is 19.4 Å². The van der Waals surface area contributed by atoms with Gasteiger partial charge < -0.3 is 10.1 Å². The smallest absolute Gasteiger partial charge is 0.396 e. The molecule has 1 fully saturated rings. The molecule has 2 atom stereocenters. The van der Waals surface area contributed by atoms with Crippen molar-refractivity contribution in [3.05, 3.63) is 35.9 Å². The molecule has 2 rings (SSSR count). The summed E-state index contributed by atoms with van der Waals surface area (Å²) in [7, 11) is 0. The summed E-state index contributed by atoms with van der Waals surface area (Å²) in [5.74, 6) is 0.846. The molecule has 210 valence electrons. The van der Waals surface area contributed by atoms with Crippen LogP contribution >= 0.6 is 46.6 Å². The highest BCUT2D eigenvalue weighted by Gasteiger charge is 2.36. The van der Waals surface area contributed by atoms with E-state index in [1.165, 1.54) is 69.5 Å². The van der Waals surface area contributed by atoms with Crippen molar-refractivity contribution in [3.8, 4) is 0 Å². The van der Waals surface area contributed by atoms with E-state index >= 15 is 0 Å². The maximum atomic E-state index is 12.7. The first-order valence-electron chi connectivity index (χ1n) is 13.5. The number of amides is 1. The summed E-state index contributed by atoms with van der Waals surface area (Å²) in [4.78, 5) is 31.1. The van der Waals surface area contributed by atoms with E-state index in [1.54, 1.807) is 0 Å². The van der Waals surface area contributed by atoms with Gasteiger partial charge in [0.1, 0.15) is 6.61 Å². The number of benzene rings is 1. The molecule has 1 amide bonds. The number of alkyl halides is 3. The number of nitrogens with zero attached hydrogens (tertiary/aromatic N) is 1. The van der Waals surface area contributed by atoms with Crippen LogP contribution in [0.25, 0.3) is 0 Å². The second-order valence-corrected chi connectivity index (χ2v) is 12.7. The van der Waals surface area contributed by atoms with Gasteiger partial charge in [-0.2, -0.15) is 5.06 Å². The molecule has 1 aliphatic rings. The number of hydrogen-bond donors (Lipinski definition) is 1. The van der Waals surface area contributed by atoms with Gasteiger partial charge in [0.25, 0.3) is 0 Å². The minimum atomic E-state index is -2.20. The van der Waals surface area contributed by atoms with Gasteiger partial charge in [-0.1, -0.05) is 107 Å². The monoisotopic (exact) mass is 594 g/mol. The van der Waals surface area contributed by atoms with Gasteiger partial charge in [0.2, 0.25) is 5.12 Å². The number of carbonyl (C=O) groups is 2. The van der Waals surface area contributed by atoms with Crippen molar-refractivity contribution in [1.29, 1.82) is 0 Å². The number of thioether (sulfide) groups is 1. The van der Waals surface area contributed by atoms with Gasteiger partial charge in [-0.25, -0.2) is 4.79 Å². The van der Waals surface area contributed by atoms with E-state index in [4.69, 9.17) is 44.4 Å². The Morgan fingerprint density at radius 1 is 0.973 bits per heavy atom. The first-order chi connectivity index (χ1) is 17.8. The fraction of sp³-hybridized carbons (Fsp3) is 0.704. The average molecular weight is 596 g/mol. The molecule has 0 radical (unpaired) electrons. The van der Waals surface area contributed by atoms with E-state index in [0.717, 1.165) is 22.8 Å². The van der Waals surface area contributed by atoms with Gasteiger partial charge in [-0.15, -0.1) is 0 Å². The molecule has 0 bridgehead atoms. The minimum Gasteiger partial charge on any atom is -0.396 e. The average Bonchev–Trinajstić information content (AvgIpc) is 2.87. The lowest BCUT2D eigenvalue weighted by Crippen LogP contribution is -2.53. The highest BCUT2D eigenvalue weighted by molar-refractivity contribution is 8.13. The van der Waals surface area contributed by atoms with E-state index in [1.807, 2.05) is 30.3 Å². The molecule has 37 heavy (non-hydrogen) atoms. The van der Waals surface area contributed by atoms with Gasteiger partial charge in [-0.05, 0) is 59.6 Å². The molecule has 0 saturated carbocycles. The van der Waals surface area contributed by atoms with Gasteiger partial charge in [0, 0.05) is 12.3 Å². The maximum Gasteiger partial charge on any atom is 0.437 e. The zero-order valence-electron chi connectivity index (χ0n) is 21.8. The lowest BCUT2D eigenvalue weighted by molar-refractivity contribution is -0.175. The minimum absolute atomic E-state index is 0.148. The Morgan fingerprint density at radius 3 is 2.16 bits per heavy atom. The van der Waals surface area contributed by atoms with Crippen LogP contribution in [0.2, 0.25) is 0 Å². The van der Waals surface area contributed by atoms with Crippen LogP contribution < -0.4 is 5.32 Å². The predicted octanol–water partition coefficient (Wildman–Crippen LogP) is 8.19. The SMILES string of the molecule is CCCCCCCCCCCCSC(=O)[C@@H]1CC[C@@H](N(OCc2ccccc2)C(=O)OC(Cl)(Cl)Cl)CN1. The van der Waals surface area contributed by atoms with Crippen molar-refractivity contribution in [2.24, 2.45) is 0 Å². The highest BCUT2D eigenvalue weighted by Crippen LogP contribution is 2.29. The molecule has 6 nitrogen and oxygen atoms in total. The molecule has 1 aromatic rings. The second kappa shape index (κ2) is 18.6. The summed E-state index contributed by atoms with van der Waals surface area (Å²) >= 11 is 18.4. The predicted molar refractivity (Wildman–Crippen MR) is 154 cm³/mol. The summed E-state index contributed by atoms with van der Waals surface area (Å²) in [5, 5.41) is 4.52. The summed E-state index contributed by atoms with van der Waals surface area (Å²) in [6, 6.07) is 8.83. The Labute approximate surface area is 241 Å². The summed E-state index contributed by atoms with van der Waals surface area (Å²) < 4.78 is 2.70. The Bertz CT molecular complexity index is 775. The van der Waals surface area contributed by atoms with Crippen molar-refractivity contribution in [3.63, 3.8) is 0 Å². The van der Waals surface area contributed by atoms with Crippen LogP contribution in [0, 0.1) is 0 Å². The Morgan fingerprint density at radius 2 is 1.59 bits per heavy atom. The third-order valence-electron chi connectivity index (χ3n) is 6.34. The van der Waals surface area contributed by atoms with Crippen LogP contribution in [-0.2, 0) is 21.0 Å². The first kappa shape index (κ1) is 32.5. The highest BCUT2D eigenvalue weighted by atomic mass is 35.6. The number of piperidine rings is 1. The molecule has 1 aromatic carbocycles. The van der Waals surface area contributed by atoms with Gasteiger partial charge in [0.05, 0.1) is 12.1 Å². The van der Waals surface area contributed by atoms with Gasteiger partial charge in [0.15, 0.2) is 0 Å². The number of hydrogen-bond acceptors (Lipinski definition) is 6. The summed E-state index contributed by atoms with van der Waals surface area (Å²) in [5.41, 5.74) is 0.884. The van der Waals surface area contributed by atoms with E-state index in [2.05, 4.69) is 12.2 Å². The molecular formula is C27H41Cl3N2O4S. The maximum absolute atomic E-state index is 12.7. The number of nitrogens with one attached hydrogen (secondary N) is 1. The van der Waals surface area contributed by atoms with Gasteiger partial charge >= 0.3 is 10.1 Å². The van der Waals surface area contributed by atoms with Crippen molar-refractivity contribution < 1.29 is 19.2 Å². The number of hydroxylamine groups is 2. The topological polar surface area (TPSA) is 67.9 Å². The number of halogens is 3. The normalized spacial score (nSPS) is 17.9. The lowest BCUT2D eigenvalue weighted by atomic mass is 10.0. The van der Waals surface area contributed by atoms with E-state index < -0.39 is 10.1 Å². The van der Waals surface area contributed by atoms with Gasteiger partial charge in [-0.3, -0.25) is 9.63 Å². The molecule has 1 N–H and O–H groups in total. The third-order valence-corrected chi connectivity index (χ3v) is 7.64. The first-order valence-corrected chi connectivity index (χ1v) is 15.6. The van der Waals surface area contributed by atoms with Crippen molar-refractivity contribution in [2.45, 2.75) is 107 Å². The quantitative estimate of drug-likeness (QED) is 0.118. The number of carbonyl (C=O) groups excluding carboxylic acids is 2. The van der Waals surface area contributed by atoms with Crippen LogP contribution in [0.15, 0.2) is 30.3 Å². The summed E-state index contributed by atoms with van der Waals surface area (Å²) in [6.07, 6.45) is 13.1. The number of rotatable bonds is 16. The third kappa shape index (κ3) is 14.3. The molecule has 0 aromatic heterocycles. The van der Waals surface area contributed by atoms with Crippen LogP contribution in [0.5, 0.6) is 0 Å². The Hall–Kier alpha value is -0.700. The van der Waals surface area contributed by atoms with Crippen LogP contribution in [0.4, 0.5) is 4.79 Å². The lowest BCUT2D eigenvalue weighted by Gasteiger charge is -2.35. The van der Waals surface area contributed by atoms with Crippen molar-refractivity contribution in [1.82, 2.24) is 10.4 Å². The number of unbranched alkanes of at least 4 members (excludes halogenated alkanes) is 9. The standard InChI is InChI=1S/C27H41Cl3N2O4S/c1-2-3-4-5-6-7-8-9-10-14-19-37-25(33)24-18-17-23(20-31-24)32(26(34)36-27(28,29)30)35-21-22-15-12-11-13-16-22/h11-13,15-16,23-24,31H,2-10,14,17-21H2,1H3/t23-,24+/m1/s1. The van der Waals surface area contributed by atoms with Crippen LogP contribution in [0.1, 0.15) is 89.5 Å². The Kier molecular flexibility index (Phi) is 16.3. The Balaban J connectivity index is 1.68. The zero-order chi connectivity index (χ0) is 26.9. The van der Waals surface area contributed by atoms with E-state index in [-0.39, 0.29) is 23.8 Å². The number of ether oxygens (including phenoxy) is 1. The summed E-state index contributed by atoms with van der Waals surface area (Å²) in [6.45, 7) is 2.78. The molecular weight excluding hydrogens is 555 g/mol. The van der Waals surface area contributed by atoms with Crippen LogP contribution in [-0.4, -0.2) is 44.6 Å². The molecule has 1 aliphatic heterocycles. The molecule has 0 aliphatic carbocycles. The molecule has 1 heterocycles. The van der Waals surface area contributed by atoms with E-state index in [9.17, 15) is 9.59 Å². The van der Waals surface area contributed by atoms with Crippen molar-refractivity contribution in [2.75, 3.05) is 12.3 Å². The zero-order valence-corrected chi connectivity index (χ0v) is 24.9. The van der Waals surface area contributed by atoms with Crippen LogP contribution in [0.3, 0.4) is 0 Å². The fourth-order valence-electron chi connectivity index (χ4n) is 4.28. The van der Waals surface area contributed by atoms with Crippen molar-refractivity contribution >= 4 is 57.8 Å². The molecule has 0 spiro atoms. The fourth-order valence-corrected chi connectivity index (χ4v) is 5.43. The molecule has 1 saturated heterocycles.